The molecule has 0 aromatic heterocycles. The lowest BCUT2D eigenvalue weighted by molar-refractivity contribution is -0.135. The summed E-state index contributed by atoms with van der Waals surface area (Å²) in [5, 5.41) is 8.39. The molecular weight excluding hydrogens is 274 g/mol. The van der Waals surface area contributed by atoms with Crippen molar-refractivity contribution in [3.63, 3.8) is 0 Å². The Labute approximate surface area is 110 Å². The van der Waals surface area contributed by atoms with Gasteiger partial charge in [-0.1, -0.05) is 12.1 Å². The molecule has 19 heavy (non-hydrogen) atoms. The Morgan fingerprint density at radius 2 is 1.84 bits per heavy atom. The molecule has 0 radical (unpaired) electrons. The number of aliphatic carboxylic acids is 1. The van der Waals surface area contributed by atoms with Gasteiger partial charge in [-0.2, -0.15) is 0 Å². The molecule has 0 fully saturated rings. The number of hydrogen-bond donors (Lipinski definition) is 2. The molecule has 0 unspecified atom stereocenters. The van der Waals surface area contributed by atoms with Crippen LogP contribution < -0.4 is 4.72 Å². The van der Waals surface area contributed by atoms with Gasteiger partial charge in [0, 0.05) is 0 Å². The Morgan fingerprint density at radius 3 is 2.32 bits per heavy atom. The third-order valence-electron chi connectivity index (χ3n) is 2.18. The monoisotopic (exact) mass is 287 g/mol. The largest absolute Gasteiger partial charge is 0.480 e. The number of nitrogens with one attached hydrogen (secondary N) is 1. The summed E-state index contributed by atoms with van der Waals surface area (Å²) in [6, 6.07) is 5.81. The summed E-state index contributed by atoms with van der Waals surface area (Å²) in [5.74, 6) is -2.13. The highest BCUT2D eigenvalue weighted by molar-refractivity contribution is 7.88. The van der Waals surface area contributed by atoms with Crippen molar-refractivity contribution >= 4 is 22.0 Å². The molecule has 2 N–H and O–H groups in total. The maximum absolute atomic E-state index is 11.5. The first-order valence-corrected chi connectivity index (χ1v) is 6.85. The van der Waals surface area contributed by atoms with E-state index in [0.29, 0.717) is 11.1 Å². The number of methoxy groups -OCH3 is 1. The number of ether oxygens (including phenoxy) is 1. The van der Waals surface area contributed by atoms with Crippen LogP contribution in [0.15, 0.2) is 24.3 Å². The molecule has 0 aliphatic rings. The van der Waals surface area contributed by atoms with Gasteiger partial charge in [-0.25, -0.2) is 17.9 Å². The number of esters is 1. The summed E-state index contributed by atoms with van der Waals surface area (Å²) >= 11 is 0. The fraction of sp³-hybridized carbons (Fsp3) is 0.273. The van der Waals surface area contributed by atoms with E-state index in [4.69, 9.17) is 5.11 Å². The van der Waals surface area contributed by atoms with Crippen LogP contribution in [0.25, 0.3) is 0 Å². The van der Waals surface area contributed by atoms with Crippen molar-refractivity contribution in [1.29, 1.82) is 0 Å². The summed E-state index contributed by atoms with van der Waals surface area (Å²) in [6.07, 6.45) is 0. The number of carboxylic acids is 1. The van der Waals surface area contributed by atoms with Gasteiger partial charge in [-0.15, -0.1) is 0 Å². The molecule has 0 bridgehead atoms. The minimum atomic E-state index is -3.72. The summed E-state index contributed by atoms with van der Waals surface area (Å²) in [5.41, 5.74) is 0.743. The van der Waals surface area contributed by atoms with E-state index in [-0.39, 0.29) is 5.75 Å². The number of hydrogen-bond acceptors (Lipinski definition) is 5. The predicted octanol–water partition coefficient (Wildman–Crippen LogP) is -0.0228. The van der Waals surface area contributed by atoms with E-state index in [2.05, 4.69) is 4.74 Å². The van der Waals surface area contributed by atoms with E-state index in [1.165, 1.54) is 31.4 Å². The van der Waals surface area contributed by atoms with Crippen molar-refractivity contribution in [2.45, 2.75) is 5.75 Å². The SMILES string of the molecule is COC(=O)c1ccc(CS(=O)(=O)NCC(=O)O)cc1. The van der Waals surface area contributed by atoms with Crippen molar-refractivity contribution in [1.82, 2.24) is 4.72 Å². The van der Waals surface area contributed by atoms with E-state index in [1.54, 1.807) is 0 Å². The molecule has 7 nitrogen and oxygen atoms in total. The Morgan fingerprint density at radius 1 is 1.26 bits per heavy atom. The average molecular weight is 287 g/mol. The first kappa shape index (κ1) is 15.1. The molecule has 1 aromatic carbocycles. The van der Waals surface area contributed by atoms with Crippen LogP contribution in [0, 0.1) is 0 Å². The zero-order valence-electron chi connectivity index (χ0n) is 10.1. The smallest absolute Gasteiger partial charge is 0.337 e. The zero-order valence-corrected chi connectivity index (χ0v) is 10.9. The second-order valence-electron chi connectivity index (χ2n) is 3.66. The first-order chi connectivity index (χ1) is 8.84. The molecule has 0 saturated carbocycles. The first-order valence-electron chi connectivity index (χ1n) is 5.20. The number of carboxylic acid groups (broad SMARTS) is 1. The van der Waals surface area contributed by atoms with Gasteiger partial charge in [0.15, 0.2) is 0 Å². The minimum Gasteiger partial charge on any atom is -0.480 e. The molecule has 0 amide bonds. The minimum absolute atomic E-state index is 0.308. The topological polar surface area (TPSA) is 110 Å². The van der Waals surface area contributed by atoms with Crippen LogP contribution in [0.2, 0.25) is 0 Å². The van der Waals surface area contributed by atoms with Crippen LogP contribution in [-0.4, -0.2) is 39.1 Å². The number of carbonyl (C=O) groups is 2. The normalized spacial score (nSPS) is 11.0. The highest BCUT2D eigenvalue weighted by Gasteiger charge is 2.13. The van der Waals surface area contributed by atoms with Crippen molar-refractivity contribution < 1.29 is 27.9 Å². The fourth-order valence-corrected chi connectivity index (χ4v) is 2.37. The summed E-state index contributed by atoms with van der Waals surface area (Å²) in [7, 11) is -2.47. The van der Waals surface area contributed by atoms with Crippen LogP contribution in [0.3, 0.4) is 0 Å². The molecule has 1 rings (SSSR count). The second kappa shape index (κ2) is 6.30. The predicted molar refractivity (Wildman–Crippen MR) is 66.0 cm³/mol. The van der Waals surface area contributed by atoms with E-state index in [0.717, 1.165) is 0 Å². The standard InChI is InChI=1S/C11H13NO6S/c1-18-11(15)9-4-2-8(3-5-9)7-19(16,17)12-6-10(13)14/h2-5,12H,6-7H2,1H3,(H,13,14). The number of sulfonamides is 1. The molecule has 0 aliphatic carbocycles. The third-order valence-corrected chi connectivity index (χ3v) is 3.47. The van der Waals surface area contributed by atoms with Crippen molar-refractivity contribution in [3.05, 3.63) is 35.4 Å². The van der Waals surface area contributed by atoms with Crippen LogP contribution in [0.5, 0.6) is 0 Å². The van der Waals surface area contributed by atoms with Gasteiger partial charge < -0.3 is 9.84 Å². The summed E-state index contributed by atoms with van der Waals surface area (Å²) < 4.78 is 29.5. The van der Waals surface area contributed by atoms with E-state index < -0.39 is 28.5 Å². The van der Waals surface area contributed by atoms with E-state index in [9.17, 15) is 18.0 Å². The lowest BCUT2D eigenvalue weighted by Gasteiger charge is -2.05. The molecule has 0 aliphatic heterocycles. The number of rotatable bonds is 6. The second-order valence-corrected chi connectivity index (χ2v) is 5.47. The lowest BCUT2D eigenvalue weighted by Crippen LogP contribution is -2.30. The number of carbonyl (C=O) groups excluding carboxylic acids is 1. The average Bonchev–Trinajstić information content (AvgIpc) is 2.36. The highest BCUT2D eigenvalue weighted by atomic mass is 32.2. The van der Waals surface area contributed by atoms with Gasteiger partial charge in [-0.3, -0.25) is 4.79 Å². The fourth-order valence-electron chi connectivity index (χ4n) is 1.30. The van der Waals surface area contributed by atoms with Gasteiger partial charge in [0.25, 0.3) is 0 Å². The Kier molecular flexibility index (Phi) is 5.02. The molecule has 0 saturated heterocycles. The highest BCUT2D eigenvalue weighted by Crippen LogP contribution is 2.08. The Hall–Kier alpha value is -1.93. The molecule has 8 heteroatoms. The van der Waals surface area contributed by atoms with Crippen LogP contribution >= 0.6 is 0 Å². The van der Waals surface area contributed by atoms with Crippen LogP contribution in [-0.2, 0) is 25.3 Å². The molecule has 1 aromatic rings. The molecule has 104 valence electrons. The van der Waals surface area contributed by atoms with Gasteiger partial charge >= 0.3 is 11.9 Å². The third kappa shape index (κ3) is 5.06. The van der Waals surface area contributed by atoms with Crippen molar-refractivity contribution in [3.8, 4) is 0 Å². The van der Waals surface area contributed by atoms with Crippen LogP contribution in [0.4, 0.5) is 0 Å². The van der Waals surface area contributed by atoms with E-state index in [1.807, 2.05) is 4.72 Å². The summed E-state index contributed by atoms with van der Waals surface area (Å²) in [6.45, 7) is -0.664. The molecule has 0 spiro atoms. The van der Waals surface area contributed by atoms with Crippen molar-refractivity contribution in [2.75, 3.05) is 13.7 Å². The summed E-state index contributed by atoms with van der Waals surface area (Å²) in [4.78, 5) is 21.4. The zero-order chi connectivity index (χ0) is 14.5. The van der Waals surface area contributed by atoms with Gasteiger partial charge in [0.1, 0.15) is 6.54 Å². The quantitative estimate of drug-likeness (QED) is 0.711. The van der Waals surface area contributed by atoms with E-state index >= 15 is 0 Å². The Balaban J connectivity index is 2.72. The maximum atomic E-state index is 11.5. The Bertz CT molecular complexity index is 563. The maximum Gasteiger partial charge on any atom is 0.337 e. The van der Waals surface area contributed by atoms with Crippen molar-refractivity contribution in [2.24, 2.45) is 0 Å². The number of benzene rings is 1. The molecule has 0 heterocycles. The molecular formula is C11H13NO6S. The lowest BCUT2D eigenvalue weighted by atomic mass is 10.1. The van der Waals surface area contributed by atoms with Gasteiger partial charge in [0.05, 0.1) is 18.4 Å². The van der Waals surface area contributed by atoms with Gasteiger partial charge in [-0.05, 0) is 17.7 Å². The van der Waals surface area contributed by atoms with Crippen LogP contribution in [0.1, 0.15) is 15.9 Å². The molecule has 0 atom stereocenters. The van der Waals surface area contributed by atoms with Gasteiger partial charge in [0.2, 0.25) is 10.0 Å².